The van der Waals surface area contributed by atoms with E-state index in [2.05, 4.69) is 44.1 Å². The van der Waals surface area contributed by atoms with Gasteiger partial charge < -0.3 is 10.7 Å². The number of nitrogens with two attached hydrogens (primary N) is 1. The first kappa shape index (κ1) is 12.0. The first-order chi connectivity index (χ1) is 9.70. The maximum Gasteiger partial charge on any atom is 0.138 e. The Kier molecular flexibility index (Phi) is 2.60. The lowest BCUT2D eigenvalue weighted by Gasteiger charge is -2.01. The Labute approximate surface area is 125 Å². The zero-order valence-electron chi connectivity index (χ0n) is 10.9. The largest absolute Gasteiger partial charge is 0.397 e. The summed E-state index contributed by atoms with van der Waals surface area (Å²) in [7, 11) is 0. The molecule has 3 nitrogen and oxygen atoms in total. The molecule has 1 heterocycles. The minimum atomic E-state index is 0.693. The standard InChI is InChI=1S/C16H14BrN3/c17-12-7-13(18)15-14(8-12)19-16(20-15)11-5-4-9-2-1-3-10(9)6-11/h4-8H,1-3,18H2,(H,19,20). The number of aryl methyl sites for hydroxylation is 2. The van der Waals surface area contributed by atoms with Gasteiger partial charge >= 0.3 is 0 Å². The Balaban J connectivity index is 1.88. The van der Waals surface area contributed by atoms with Crippen LogP contribution in [0.25, 0.3) is 22.4 Å². The van der Waals surface area contributed by atoms with E-state index < -0.39 is 0 Å². The molecule has 0 aliphatic heterocycles. The van der Waals surface area contributed by atoms with Gasteiger partial charge in [-0.3, -0.25) is 0 Å². The van der Waals surface area contributed by atoms with E-state index >= 15 is 0 Å². The zero-order valence-corrected chi connectivity index (χ0v) is 12.5. The van der Waals surface area contributed by atoms with E-state index in [1.165, 1.54) is 30.4 Å². The summed E-state index contributed by atoms with van der Waals surface area (Å²) in [4.78, 5) is 8.01. The Bertz CT molecular complexity index is 820. The third kappa shape index (κ3) is 1.83. The summed E-state index contributed by atoms with van der Waals surface area (Å²) < 4.78 is 0.964. The predicted molar refractivity (Wildman–Crippen MR) is 85.7 cm³/mol. The molecule has 20 heavy (non-hydrogen) atoms. The number of benzene rings is 2. The van der Waals surface area contributed by atoms with Crippen molar-refractivity contribution in [3.05, 3.63) is 45.9 Å². The maximum absolute atomic E-state index is 6.03. The third-order valence-electron chi connectivity index (χ3n) is 3.95. The van der Waals surface area contributed by atoms with Crippen molar-refractivity contribution < 1.29 is 0 Å². The molecule has 0 spiro atoms. The van der Waals surface area contributed by atoms with Crippen LogP contribution in [0.5, 0.6) is 0 Å². The molecule has 4 rings (SSSR count). The molecule has 0 amide bonds. The van der Waals surface area contributed by atoms with Gasteiger partial charge in [0.2, 0.25) is 0 Å². The molecule has 0 unspecified atom stereocenters. The highest BCUT2D eigenvalue weighted by Crippen LogP contribution is 2.30. The first-order valence-electron chi connectivity index (χ1n) is 6.77. The first-order valence-corrected chi connectivity index (χ1v) is 7.57. The molecule has 0 radical (unpaired) electrons. The summed E-state index contributed by atoms with van der Waals surface area (Å²) in [5.74, 6) is 0.888. The molecular weight excluding hydrogens is 314 g/mol. The number of rotatable bonds is 1. The quantitative estimate of drug-likeness (QED) is 0.662. The number of nitrogens with zero attached hydrogens (tertiary/aromatic N) is 1. The Morgan fingerprint density at radius 3 is 2.85 bits per heavy atom. The molecule has 3 aromatic rings. The number of halogens is 1. The molecule has 3 N–H and O–H groups in total. The van der Waals surface area contributed by atoms with Gasteiger partial charge in [0.1, 0.15) is 11.3 Å². The summed E-state index contributed by atoms with van der Waals surface area (Å²) in [5.41, 5.74) is 12.6. The highest BCUT2D eigenvalue weighted by molar-refractivity contribution is 9.10. The van der Waals surface area contributed by atoms with Gasteiger partial charge in [-0.05, 0) is 48.6 Å². The van der Waals surface area contributed by atoms with Crippen LogP contribution >= 0.6 is 15.9 Å². The number of hydrogen-bond acceptors (Lipinski definition) is 2. The Morgan fingerprint density at radius 1 is 1.10 bits per heavy atom. The molecule has 4 heteroatoms. The smallest absolute Gasteiger partial charge is 0.138 e. The molecule has 1 aliphatic rings. The summed E-state index contributed by atoms with van der Waals surface area (Å²) in [6, 6.07) is 10.5. The highest BCUT2D eigenvalue weighted by atomic mass is 79.9. The van der Waals surface area contributed by atoms with Crippen molar-refractivity contribution in [1.82, 2.24) is 9.97 Å². The van der Waals surface area contributed by atoms with Gasteiger partial charge in [-0.1, -0.05) is 28.1 Å². The predicted octanol–water partition coefficient (Wildman–Crippen LogP) is 4.06. The maximum atomic E-state index is 6.03. The molecule has 1 aliphatic carbocycles. The van der Waals surface area contributed by atoms with Crippen LogP contribution in [0, 0.1) is 0 Å². The molecule has 0 fully saturated rings. The number of H-pyrrole nitrogens is 1. The van der Waals surface area contributed by atoms with Crippen LogP contribution < -0.4 is 5.73 Å². The lowest BCUT2D eigenvalue weighted by atomic mass is 10.1. The van der Waals surface area contributed by atoms with Crippen molar-refractivity contribution in [2.75, 3.05) is 5.73 Å². The highest BCUT2D eigenvalue weighted by Gasteiger charge is 2.14. The van der Waals surface area contributed by atoms with Gasteiger partial charge in [-0.25, -0.2) is 4.98 Å². The number of imidazole rings is 1. The second-order valence-electron chi connectivity index (χ2n) is 5.31. The minimum Gasteiger partial charge on any atom is -0.397 e. The SMILES string of the molecule is Nc1cc(Br)cc2[nH]c(-c3ccc4c(c3)CCC4)nc12. The molecular formula is C16H14BrN3. The molecule has 2 aromatic carbocycles. The molecule has 1 aromatic heterocycles. The third-order valence-corrected chi connectivity index (χ3v) is 4.41. The van der Waals surface area contributed by atoms with E-state index in [9.17, 15) is 0 Å². The monoisotopic (exact) mass is 327 g/mol. The van der Waals surface area contributed by atoms with E-state index in [0.29, 0.717) is 5.69 Å². The van der Waals surface area contributed by atoms with E-state index in [-0.39, 0.29) is 0 Å². The van der Waals surface area contributed by atoms with Crippen LogP contribution in [-0.2, 0) is 12.8 Å². The van der Waals surface area contributed by atoms with Crippen molar-refractivity contribution >= 4 is 32.7 Å². The number of anilines is 1. The normalized spacial score (nSPS) is 13.8. The van der Waals surface area contributed by atoms with E-state index in [1.807, 2.05) is 12.1 Å². The number of nitrogens with one attached hydrogen (secondary N) is 1. The van der Waals surface area contributed by atoms with E-state index in [4.69, 9.17) is 5.73 Å². The van der Waals surface area contributed by atoms with Crippen molar-refractivity contribution in [2.24, 2.45) is 0 Å². The van der Waals surface area contributed by atoms with E-state index in [0.717, 1.165) is 26.9 Å². The number of aromatic amines is 1. The van der Waals surface area contributed by atoms with Gasteiger partial charge in [0.15, 0.2) is 0 Å². The van der Waals surface area contributed by atoms with Crippen molar-refractivity contribution in [3.63, 3.8) is 0 Å². The number of hydrogen-bond donors (Lipinski definition) is 2. The van der Waals surface area contributed by atoms with Crippen molar-refractivity contribution in [2.45, 2.75) is 19.3 Å². The zero-order chi connectivity index (χ0) is 13.7. The molecule has 0 saturated carbocycles. The van der Waals surface area contributed by atoms with Crippen molar-refractivity contribution in [1.29, 1.82) is 0 Å². The molecule has 0 bridgehead atoms. The Hall–Kier alpha value is -1.81. The van der Waals surface area contributed by atoms with Crippen LogP contribution in [0.4, 0.5) is 5.69 Å². The Morgan fingerprint density at radius 2 is 1.95 bits per heavy atom. The van der Waals surface area contributed by atoms with Gasteiger partial charge in [-0.2, -0.15) is 0 Å². The lowest BCUT2D eigenvalue weighted by Crippen LogP contribution is -1.87. The number of nitrogen functional groups attached to an aromatic ring is 1. The summed E-state index contributed by atoms with van der Waals surface area (Å²) in [6.07, 6.45) is 3.64. The van der Waals surface area contributed by atoms with Gasteiger partial charge in [-0.15, -0.1) is 0 Å². The second-order valence-corrected chi connectivity index (χ2v) is 6.23. The minimum absolute atomic E-state index is 0.693. The summed E-state index contributed by atoms with van der Waals surface area (Å²) >= 11 is 3.46. The van der Waals surface area contributed by atoms with Gasteiger partial charge in [0, 0.05) is 10.0 Å². The fourth-order valence-electron chi connectivity index (χ4n) is 2.96. The molecule has 100 valence electrons. The fourth-order valence-corrected chi connectivity index (χ4v) is 3.44. The lowest BCUT2D eigenvalue weighted by molar-refractivity contribution is 0.912. The molecule has 0 saturated heterocycles. The van der Waals surface area contributed by atoms with Crippen LogP contribution in [0.2, 0.25) is 0 Å². The average Bonchev–Trinajstić information content (AvgIpc) is 3.03. The fraction of sp³-hybridized carbons (Fsp3) is 0.188. The van der Waals surface area contributed by atoms with Crippen LogP contribution in [0.3, 0.4) is 0 Å². The second kappa shape index (κ2) is 4.35. The summed E-state index contributed by atoms with van der Waals surface area (Å²) in [5, 5.41) is 0. The number of aromatic nitrogens is 2. The summed E-state index contributed by atoms with van der Waals surface area (Å²) in [6.45, 7) is 0. The molecule has 0 atom stereocenters. The van der Waals surface area contributed by atoms with Crippen LogP contribution in [0.1, 0.15) is 17.5 Å². The van der Waals surface area contributed by atoms with E-state index in [1.54, 1.807) is 0 Å². The van der Waals surface area contributed by atoms with Crippen LogP contribution in [-0.4, -0.2) is 9.97 Å². The topological polar surface area (TPSA) is 54.7 Å². The van der Waals surface area contributed by atoms with Crippen molar-refractivity contribution in [3.8, 4) is 11.4 Å². The van der Waals surface area contributed by atoms with Gasteiger partial charge in [0.25, 0.3) is 0 Å². The number of fused-ring (bicyclic) bond motifs is 2. The average molecular weight is 328 g/mol. The van der Waals surface area contributed by atoms with Gasteiger partial charge in [0.05, 0.1) is 11.2 Å². The van der Waals surface area contributed by atoms with Crippen LogP contribution in [0.15, 0.2) is 34.8 Å².